The number of carbonyl (C=O) groups excluding carboxylic acids is 1. The minimum Gasteiger partial charge on any atom is -0.383 e. The smallest absolute Gasteiger partial charge is 0.225 e. The number of sulfonamides is 1. The summed E-state index contributed by atoms with van der Waals surface area (Å²) >= 11 is 0. The number of rotatable bonds is 8. The molecule has 8 heteroatoms. The van der Waals surface area contributed by atoms with Crippen LogP contribution < -0.4 is 5.32 Å². The van der Waals surface area contributed by atoms with Crippen LogP contribution in [0.15, 0.2) is 36.5 Å². The number of pyridine rings is 1. The molecule has 24 heavy (non-hydrogen) atoms. The average Bonchev–Trinajstić information content (AvgIpc) is 2.54. The fraction of sp³-hybridized carbons (Fsp3) is 0.375. The summed E-state index contributed by atoms with van der Waals surface area (Å²) in [5, 5.41) is 3.72. The number of carbonyl (C=O) groups is 1. The number of para-hydroxylation sites is 1. The van der Waals surface area contributed by atoms with Gasteiger partial charge in [-0.3, -0.25) is 9.78 Å². The van der Waals surface area contributed by atoms with Gasteiger partial charge in [0.05, 0.1) is 24.1 Å². The number of amides is 1. The molecular weight excluding hydrogens is 330 g/mol. The summed E-state index contributed by atoms with van der Waals surface area (Å²) in [6.45, 7) is 0.604. The van der Waals surface area contributed by atoms with Crippen LogP contribution in [0.4, 0.5) is 5.69 Å². The van der Waals surface area contributed by atoms with E-state index in [-0.39, 0.29) is 32.0 Å². The molecule has 1 N–H and O–H groups in total. The normalized spacial score (nSPS) is 11.8. The van der Waals surface area contributed by atoms with Crippen molar-refractivity contribution in [1.82, 2.24) is 9.29 Å². The second kappa shape index (κ2) is 8.18. The lowest BCUT2D eigenvalue weighted by molar-refractivity contribution is -0.116. The Hall–Kier alpha value is -2.03. The number of fused-ring (bicyclic) bond motifs is 1. The molecule has 1 amide bonds. The molecule has 1 heterocycles. The van der Waals surface area contributed by atoms with Crippen molar-refractivity contribution in [2.45, 2.75) is 6.42 Å². The van der Waals surface area contributed by atoms with E-state index < -0.39 is 10.0 Å². The van der Waals surface area contributed by atoms with Gasteiger partial charge in [-0.05, 0) is 12.1 Å². The number of hydrogen-bond acceptors (Lipinski definition) is 5. The van der Waals surface area contributed by atoms with Gasteiger partial charge >= 0.3 is 0 Å². The zero-order valence-corrected chi connectivity index (χ0v) is 14.5. The van der Waals surface area contributed by atoms with E-state index in [1.807, 2.05) is 24.3 Å². The zero-order chi connectivity index (χ0) is 17.6. The summed E-state index contributed by atoms with van der Waals surface area (Å²) in [6, 6.07) is 9.25. The van der Waals surface area contributed by atoms with E-state index in [9.17, 15) is 13.2 Å². The van der Waals surface area contributed by atoms with Crippen LogP contribution in [-0.4, -0.2) is 56.7 Å². The first-order valence-electron chi connectivity index (χ1n) is 7.49. The highest BCUT2D eigenvalue weighted by Gasteiger charge is 2.17. The summed E-state index contributed by atoms with van der Waals surface area (Å²) in [6.07, 6.45) is 2.84. The molecule has 0 fully saturated rings. The number of methoxy groups -OCH3 is 1. The summed E-state index contributed by atoms with van der Waals surface area (Å²) in [5.74, 6) is -0.265. The van der Waals surface area contributed by atoms with E-state index >= 15 is 0 Å². The largest absolute Gasteiger partial charge is 0.383 e. The Morgan fingerprint density at radius 3 is 2.71 bits per heavy atom. The van der Waals surface area contributed by atoms with Crippen molar-refractivity contribution in [3.8, 4) is 0 Å². The number of benzene rings is 1. The molecule has 0 aliphatic heterocycles. The maximum Gasteiger partial charge on any atom is 0.225 e. The standard InChI is InChI=1S/C16H21N3O4S/c1-23-12-11-19(24(2,21)22)10-8-15(20)18-14-7-3-5-13-6-4-9-17-16(13)14/h3-7,9H,8,10-12H2,1-2H3,(H,18,20). The van der Waals surface area contributed by atoms with Crippen molar-refractivity contribution in [2.75, 3.05) is 38.4 Å². The van der Waals surface area contributed by atoms with Crippen molar-refractivity contribution in [3.63, 3.8) is 0 Å². The van der Waals surface area contributed by atoms with Crippen LogP contribution in [0, 0.1) is 0 Å². The lowest BCUT2D eigenvalue weighted by Crippen LogP contribution is -2.35. The topological polar surface area (TPSA) is 88.6 Å². The Kier molecular flexibility index (Phi) is 6.24. The van der Waals surface area contributed by atoms with Crippen LogP contribution in [0.2, 0.25) is 0 Å². The SMILES string of the molecule is COCCN(CCC(=O)Nc1cccc2cccnc12)S(C)(=O)=O. The first-order chi connectivity index (χ1) is 11.4. The van der Waals surface area contributed by atoms with Gasteiger partial charge in [-0.25, -0.2) is 8.42 Å². The van der Waals surface area contributed by atoms with Crippen molar-refractivity contribution in [2.24, 2.45) is 0 Å². The lowest BCUT2D eigenvalue weighted by Gasteiger charge is -2.19. The molecule has 2 rings (SSSR count). The van der Waals surface area contributed by atoms with Gasteiger partial charge in [-0.1, -0.05) is 18.2 Å². The number of ether oxygens (including phenoxy) is 1. The second-order valence-electron chi connectivity index (χ2n) is 5.33. The van der Waals surface area contributed by atoms with Crippen LogP contribution in [-0.2, 0) is 19.6 Å². The lowest BCUT2D eigenvalue weighted by atomic mass is 10.2. The van der Waals surface area contributed by atoms with Crippen LogP contribution in [0.25, 0.3) is 10.9 Å². The maximum atomic E-state index is 12.2. The molecule has 1 aromatic carbocycles. The van der Waals surface area contributed by atoms with Gasteiger partial charge < -0.3 is 10.1 Å². The first-order valence-corrected chi connectivity index (χ1v) is 9.34. The fourth-order valence-electron chi connectivity index (χ4n) is 2.28. The van der Waals surface area contributed by atoms with E-state index in [2.05, 4.69) is 10.3 Å². The quantitative estimate of drug-likeness (QED) is 0.778. The molecule has 0 atom stereocenters. The van der Waals surface area contributed by atoms with Crippen LogP contribution >= 0.6 is 0 Å². The summed E-state index contributed by atoms with van der Waals surface area (Å²) < 4.78 is 29.6. The van der Waals surface area contributed by atoms with Crippen molar-refractivity contribution in [1.29, 1.82) is 0 Å². The Labute approximate surface area is 141 Å². The Morgan fingerprint density at radius 1 is 1.25 bits per heavy atom. The van der Waals surface area contributed by atoms with E-state index in [0.717, 1.165) is 11.6 Å². The number of nitrogens with zero attached hydrogens (tertiary/aromatic N) is 2. The van der Waals surface area contributed by atoms with Gasteiger partial charge in [-0.15, -0.1) is 0 Å². The second-order valence-corrected chi connectivity index (χ2v) is 7.32. The van der Waals surface area contributed by atoms with Gasteiger partial charge in [0.15, 0.2) is 0 Å². The number of aromatic nitrogens is 1. The van der Waals surface area contributed by atoms with Crippen LogP contribution in [0.5, 0.6) is 0 Å². The van der Waals surface area contributed by atoms with E-state index in [1.54, 1.807) is 12.3 Å². The third-order valence-electron chi connectivity index (χ3n) is 3.51. The minimum absolute atomic E-state index is 0.0556. The number of anilines is 1. The molecule has 0 saturated carbocycles. The predicted octanol–water partition coefficient (Wildman–Crippen LogP) is 1.47. The van der Waals surface area contributed by atoms with Gasteiger partial charge in [0.25, 0.3) is 0 Å². The molecule has 2 aromatic rings. The van der Waals surface area contributed by atoms with Crippen LogP contribution in [0.3, 0.4) is 0 Å². The molecule has 7 nitrogen and oxygen atoms in total. The maximum absolute atomic E-state index is 12.2. The zero-order valence-electron chi connectivity index (χ0n) is 13.7. The van der Waals surface area contributed by atoms with Gasteiger partial charge in [0, 0.05) is 38.2 Å². The molecular formula is C16H21N3O4S. The molecule has 0 bridgehead atoms. The first kappa shape index (κ1) is 18.3. The highest BCUT2D eigenvalue weighted by Crippen LogP contribution is 2.20. The number of hydrogen-bond donors (Lipinski definition) is 1. The predicted molar refractivity (Wildman–Crippen MR) is 93.3 cm³/mol. The highest BCUT2D eigenvalue weighted by molar-refractivity contribution is 7.88. The summed E-state index contributed by atoms with van der Waals surface area (Å²) in [5.41, 5.74) is 1.31. The highest BCUT2D eigenvalue weighted by atomic mass is 32.2. The van der Waals surface area contributed by atoms with E-state index in [0.29, 0.717) is 11.2 Å². The average molecular weight is 351 g/mol. The molecule has 0 aliphatic rings. The molecule has 1 aromatic heterocycles. The molecule has 0 unspecified atom stereocenters. The van der Waals surface area contributed by atoms with Crippen molar-refractivity contribution < 1.29 is 17.9 Å². The van der Waals surface area contributed by atoms with Gasteiger partial charge in [-0.2, -0.15) is 4.31 Å². The molecule has 0 spiro atoms. The van der Waals surface area contributed by atoms with E-state index in [4.69, 9.17) is 4.74 Å². The monoisotopic (exact) mass is 351 g/mol. The fourth-order valence-corrected chi connectivity index (χ4v) is 3.11. The third-order valence-corrected chi connectivity index (χ3v) is 4.81. The minimum atomic E-state index is -3.38. The summed E-state index contributed by atoms with van der Waals surface area (Å²) in [4.78, 5) is 16.4. The van der Waals surface area contributed by atoms with Crippen LogP contribution in [0.1, 0.15) is 6.42 Å². The van der Waals surface area contributed by atoms with Crippen molar-refractivity contribution >= 4 is 32.5 Å². The van der Waals surface area contributed by atoms with E-state index in [1.165, 1.54) is 11.4 Å². The Morgan fingerprint density at radius 2 is 2.00 bits per heavy atom. The molecule has 130 valence electrons. The van der Waals surface area contributed by atoms with Crippen molar-refractivity contribution in [3.05, 3.63) is 36.5 Å². The van der Waals surface area contributed by atoms with Gasteiger partial charge in [0.2, 0.25) is 15.9 Å². The number of nitrogens with one attached hydrogen (secondary N) is 1. The molecule has 0 saturated heterocycles. The summed E-state index contributed by atoms with van der Waals surface area (Å²) in [7, 11) is -1.88. The molecule has 0 radical (unpaired) electrons. The third kappa shape index (κ3) is 4.98. The molecule has 0 aliphatic carbocycles. The van der Waals surface area contributed by atoms with Gasteiger partial charge in [0.1, 0.15) is 0 Å². The Balaban J connectivity index is 2.02. The Bertz CT molecular complexity index is 803.